The Morgan fingerprint density at radius 1 is 0.265 bits per heavy atom. The molecule has 0 spiro atoms. The summed E-state index contributed by atoms with van der Waals surface area (Å²) in [7, 11) is -9.93. The number of unbranched alkanes of at least 4 members (excludes halogenated alkanes) is 55. The minimum absolute atomic E-state index is 0.0954. The Labute approximate surface area is 625 Å². The minimum Gasteiger partial charge on any atom is -0.462 e. The molecule has 17 nitrogen and oxygen atoms in total. The zero-order chi connectivity index (χ0) is 74.6. The summed E-state index contributed by atoms with van der Waals surface area (Å²) < 4.78 is 68.8. The van der Waals surface area contributed by atoms with Gasteiger partial charge >= 0.3 is 39.5 Å². The number of hydrogen-bond donors (Lipinski definition) is 3. The van der Waals surface area contributed by atoms with E-state index in [1.807, 2.05) is 0 Å². The molecule has 0 aromatic carbocycles. The highest BCUT2D eigenvalue weighted by Crippen LogP contribution is 2.45. The molecule has 0 saturated carbocycles. The molecule has 0 aliphatic rings. The highest BCUT2D eigenvalue weighted by atomic mass is 31.2. The number of carbonyl (C=O) groups is 4. The number of hydrogen-bond acceptors (Lipinski definition) is 15. The lowest BCUT2D eigenvalue weighted by Crippen LogP contribution is -2.30. The van der Waals surface area contributed by atoms with Gasteiger partial charge in [0.05, 0.1) is 26.4 Å². The number of aliphatic hydroxyl groups is 1. The number of rotatable bonds is 83. The monoisotopic (exact) mass is 1490 g/mol. The maximum atomic E-state index is 13.1. The first kappa shape index (κ1) is 99.8. The fourth-order valence-electron chi connectivity index (χ4n) is 12.7. The van der Waals surface area contributed by atoms with E-state index in [0.29, 0.717) is 25.7 Å². The van der Waals surface area contributed by atoms with Gasteiger partial charge in [-0.1, -0.05) is 374 Å². The lowest BCUT2D eigenvalue weighted by atomic mass is 10.0. The zero-order valence-electron chi connectivity index (χ0n) is 66.3. The molecule has 0 aromatic heterocycles. The molecule has 2 unspecified atom stereocenters. The smallest absolute Gasteiger partial charge is 0.462 e. The van der Waals surface area contributed by atoms with E-state index in [4.69, 9.17) is 37.0 Å². The van der Waals surface area contributed by atoms with Crippen LogP contribution in [0.1, 0.15) is 439 Å². The summed E-state index contributed by atoms with van der Waals surface area (Å²) in [5.41, 5.74) is 0. The summed E-state index contributed by atoms with van der Waals surface area (Å²) in [5.74, 6) is -2.12. The van der Waals surface area contributed by atoms with E-state index in [1.54, 1.807) is 0 Å². The zero-order valence-corrected chi connectivity index (χ0v) is 68.1. The highest BCUT2D eigenvalue weighted by molar-refractivity contribution is 7.47. The number of ether oxygens (including phenoxy) is 4. The molecule has 604 valence electrons. The third kappa shape index (κ3) is 76.0. The predicted molar refractivity (Wildman–Crippen MR) is 418 cm³/mol. The van der Waals surface area contributed by atoms with Gasteiger partial charge in [0.2, 0.25) is 0 Å². The van der Waals surface area contributed by atoms with Crippen LogP contribution in [0.5, 0.6) is 0 Å². The lowest BCUT2D eigenvalue weighted by Gasteiger charge is -2.21. The molecule has 0 aliphatic heterocycles. The van der Waals surface area contributed by atoms with Crippen LogP contribution < -0.4 is 0 Å². The van der Waals surface area contributed by atoms with Crippen molar-refractivity contribution < 1.29 is 80.2 Å². The SMILES string of the molecule is CCCCCCCC/C=C\CCCCCCCC(=O)O[C@H](COC(=O)CCCCCCCCCCCCCCCCCCC)COP(=O)(O)OC[C@@H](O)COP(=O)(O)OC[C@@H](COC(=O)CCCCCCCCCCCCCCCCCCC)OC(=O)CCCCCCCCCCCCCCC. The average molecular weight is 1490 g/mol. The highest BCUT2D eigenvalue weighted by Gasteiger charge is 2.30. The molecular formula is C83H160O17P2. The molecule has 0 amide bonds. The van der Waals surface area contributed by atoms with Gasteiger partial charge in [0, 0.05) is 25.7 Å². The van der Waals surface area contributed by atoms with Crippen LogP contribution in [-0.4, -0.2) is 96.7 Å². The van der Waals surface area contributed by atoms with Crippen molar-refractivity contribution in [3.63, 3.8) is 0 Å². The second-order valence-corrected chi connectivity index (χ2v) is 32.4. The van der Waals surface area contributed by atoms with Crippen molar-refractivity contribution in [2.45, 2.75) is 457 Å². The third-order valence-corrected chi connectivity index (χ3v) is 21.2. The lowest BCUT2D eigenvalue weighted by molar-refractivity contribution is -0.161. The van der Waals surface area contributed by atoms with Gasteiger partial charge in [-0.15, -0.1) is 0 Å². The second kappa shape index (κ2) is 77.0. The first-order valence-electron chi connectivity index (χ1n) is 42.9. The van der Waals surface area contributed by atoms with E-state index in [2.05, 4.69) is 39.8 Å². The normalized spacial score (nSPS) is 13.8. The molecule has 0 aliphatic carbocycles. The van der Waals surface area contributed by atoms with Gasteiger partial charge in [0.15, 0.2) is 12.2 Å². The van der Waals surface area contributed by atoms with Crippen LogP contribution in [0.3, 0.4) is 0 Å². The molecule has 0 saturated heterocycles. The van der Waals surface area contributed by atoms with Crippen LogP contribution >= 0.6 is 15.6 Å². The van der Waals surface area contributed by atoms with Gasteiger partial charge in [-0.05, 0) is 51.4 Å². The van der Waals surface area contributed by atoms with E-state index in [-0.39, 0.29) is 25.7 Å². The summed E-state index contributed by atoms with van der Waals surface area (Å²) >= 11 is 0. The van der Waals surface area contributed by atoms with Crippen LogP contribution in [0.15, 0.2) is 12.2 Å². The van der Waals surface area contributed by atoms with E-state index < -0.39 is 97.5 Å². The van der Waals surface area contributed by atoms with Crippen molar-refractivity contribution in [3.8, 4) is 0 Å². The molecule has 3 N–H and O–H groups in total. The standard InChI is InChI=1S/C83H160O17P2/c1-5-9-13-17-21-25-29-33-36-38-41-44-47-51-55-59-63-67-80(85)93-73-78(99-82(87)69-65-61-57-53-49-43-32-28-24-20-16-12-8-4)75-97-101(89,90)95-71-77(84)72-96-102(91,92)98-76-79(100-83(88)70-66-62-58-54-50-46-40-35-31-27-23-19-15-11-7-3)74-94-81(86)68-64-60-56-52-48-45-42-39-37-34-30-26-22-18-14-10-6-2/h35,40,77-79,84H,5-34,36-39,41-76H2,1-4H3,(H,89,90)(H,91,92)/b40-35-/t77-,78+,79+/m0/s1. The first-order chi connectivity index (χ1) is 49.7. The summed E-state index contributed by atoms with van der Waals surface area (Å²) in [5, 5.41) is 10.7. The Morgan fingerprint density at radius 3 is 0.676 bits per heavy atom. The van der Waals surface area contributed by atoms with Crippen LogP contribution in [-0.2, 0) is 65.4 Å². The summed E-state index contributed by atoms with van der Waals surface area (Å²) in [6.45, 7) is 5.02. The Balaban J connectivity index is 5.26. The van der Waals surface area contributed by atoms with Crippen molar-refractivity contribution >= 4 is 39.5 Å². The molecule has 19 heteroatoms. The van der Waals surface area contributed by atoms with Crippen molar-refractivity contribution in [2.75, 3.05) is 39.6 Å². The number of carbonyl (C=O) groups excluding carboxylic acids is 4. The van der Waals surface area contributed by atoms with Crippen molar-refractivity contribution in [1.82, 2.24) is 0 Å². The van der Waals surface area contributed by atoms with Gasteiger partial charge in [0.25, 0.3) is 0 Å². The van der Waals surface area contributed by atoms with E-state index in [1.165, 1.54) is 257 Å². The molecule has 5 atom stereocenters. The molecule has 0 rings (SSSR count). The molecule has 0 aromatic rings. The molecule has 102 heavy (non-hydrogen) atoms. The number of aliphatic hydroxyl groups excluding tert-OH is 1. The number of allylic oxidation sites excluding steroid dienone is 2. The van der Waals surface area contributed by atoms with Crippen LogP contribution in [0.4, 0.5) is 0 Å². The third-order valence-electron chi connectivity index (χ3n) is 19.3. The van der Waals surface area contributed by atoms with E-state index >= 15 is 0 Å². The second-order valence-electron chi connectivity index (χ2n) is 29.5. The Kier molecular flexibility index (Phi) is 75.3. The van der Waals surface area contributed by atoms with Gasteiger partial charge in [-0.25, -0.2) is 9.13 Å². The average Bonchev–Trinajstić information content (AvgIpc) is 0.907. The molecule has 0 fully saturated rings. The van der Waals surface area contributed by atoms with E-state index in [9.17, 15) is 43.2 Å². The van der Waals surface area contributed by atoms with Crippen LogP contribution in [0.2, 0.25) is 0 Å². The van der Waals surface area contributed by atoms with E-state index in [0.717, 1.165) is 103 Å². The van der Waals surface area contributed by atoms with Gasteiger partial charge in [0.1, 0.15) is 19.3 Å². The fraction of sp³-hybridized carbons (Fsp3) is 0.928. The van der Waals surface area contributed by atoms with Gasteiger partial charge in [-0.2, -0.15) is 0 Å². The molecular weight excluding hydrogens is 1330 g/mol. The Hall–Kier alpha value is -2.20. The summed E-state index contributed by atoms with van der Waals surface area (Å²) in [6.07, 6.45) is 71.7. The van der Waals surface area contributed by atoms with Crippen molar-refractivity contribution in [2.24, 2.45) is 0 Å². The van der Waals surface area contributed by atoms with Crippen molar-refractivity contribution in [3.05, 3.63) is 12.2 Å². The van der Waals surface area contributed by atoms with Crippen LogP contribution in [0, 0.1) is 0 Å². The maximum absolute atomic E-state index is 13.1. The van der Waals surface area contributed by atoms with Gasteiger partial charge in [-0.3, -0.25) is 37.3 Å². The molecule has 0 heterocycles. The predicted octanol–water partition coefficient (Wildman–Crippen LogP) is 25.1. The number of esters is 4. The maximum Gasteiger partial charge on any atom is 0.472 e. The summed E-state index contributed by atoms with van der Waals surface area (Å²) in [4.78, 5) is 73.1. The quantitative estimate of drug-likeness (QED) is 0.0169. The minimum atomic E-state index is -4.97. The fourth-order valence-corrected chi connectivity index (χ4v) is 14.3. The molecule has 0 radical (unpaired) electrons. The van der Waals surface area contributed by atoms with Gasteiger partial charge < -0.3 is 33.8 Å². The topological polar surface area (TPSA) is 237 Å². The Bertz CT molecular complexity index is 1980. The summed E-state index contributed by atoms with van der Waals surface area (Å²) in [6, 6.07) is 0. The first-order valence-corrected chi connectivity index (χ1v) is 45.9. The number of phosphoric acid groups is 2. The van der Waals surface area contributed by atoms with Crippen molar-refractivity contribution in [1.29, 1.82) is 0 Å². The Morgan fingerprint density at radius 2 is 0.451 bits per heavy atom. The largest absolute Gasteiger partial charge is 0.472 e. The molecule has 0 bridgehead atoms. The number of phosphoric ester groups is 2. The van der Waals surface area contributed by atoms with Crippen LogP contribution in [0.25, 0.3) is 0 Å².